The summed E-state index contributed by atoms with van der Waals surface area (Å²) in [6.45, 7) is 3.75. The molecule has 0 atom stereocenters. The van der Waals surface area contributed by atoms with E-state index in [4.69, 9.17) is 14.2 Å². The first-order valence-corrected chi connectivity index (χ1v) is 10.3. The maximum absolute atomic E-state index is 12.6. The normalized spacial score (nSPS) is 14.5. The van der Waals surface area contributed by atoms with E-state index in [2.05, 4.69) is 4.98 Å². The predicted molar refractivity (Wildman–Crippen MR) is 116 cm³/mol. The van der Waals surface area contributed by atoms with Crippen LogP contribution in [0.2, 0.25) is 0 Å². The van der Waals surface area contributed by atoms with E-state index in [1.807, 2.05) is 18.2 Å². The average Bonchev–Trinajstić information content (AvgIpc) is 2.79. The third kappa shape index (κ3) is 4.72. The number of aromatic nitrogens is 1. The second-order valence-electron chi connectivity index (χ2n) is 7.72. The summed E-state index contributed by atoms with van der Waals surface area (Å²) >= 11 is 0. The van der Waals surface area contributed by atoms with Gasteiger partial charge in [0.05, 0.1) is 12.3 Å². The Balaban J connectivity index is 1.52. The fourth-order valence-electron chi connectivity index (χ4n) is 3.69. The molecule has 4 rings (SSSR count). The lowest BCUT2D eigenvalue weighted by molar-refractivity contribution is 0.0489. The molecule has 1 aliphatic rings. The van der Waals surface area contributed by atoms with Gasteiger partial charge in [-0.1, -0.05) is 12.1 Å². The van der Waals surface area contributed by atoms with Gasteiger partial charge in [-0.25, -0.2) is 4.79 Å². The van der Waals surface area contributed by atoms with Crippen LogP contribution in [-0.4, -0.2) is 35.9 Å². The molecule has 1 saturated heterocycles. The van der Waals surface area contributed by atoms with Crippen LogP contribution in [0.5, 0.6) is 11.5 Å². The zero-order valence-corrected chi connectivity index (χ0v) is 17.3. The van der Waals surface area contributed by atoms with Gasteiger partial charge in [0.2, 0.25) is 0 Å². The molecule has 7 heteroatoms. The molecule has 1 aliphatic heterocycles. The van der Waals surface area contributed by atoms with Crippen molar-refractivity contribution in [2.24, 2.45) is 5.92 Å². The van der Waals surface area contributed by atoms with Crippen molar-refractivity contribution < 1.29 is 24.1 Å². The van der Waals surface area contributed by atoms with Crippen molar-refractivity contribution in [3.63, 3.8) is 0 Å². The maximum Gasteiger partial charge on any atom is 0.339 e. The molecule has 0 unspecified atom stereocenters. The molecule has 1 aromatic heterocycles. The summed E-state index contributed by atoms with van der Waals surface area (Å²) in [5.74, 6) is 0.0362. The largest absolute Gasteiger partial charge is 0.492 e. The second kappa shape index (κ2) is 9.22. The Hall–Kier alpha value is -3.32. The molecule has 0 saturated carbocycles. The van der Waals surface area contributed by atoms with Crippen molar-refractivity contribution in [1.82, 2.24) is 4.98 Å². The van der Waals surface area contributed by atoms with Gasteiger partial charge >= 0.3 is 5.97 Å². The number of rotatable bonds is 7. The SMILES string of the molecule is Cc1c(COc2ccc(C(=O)O)c(OCC3CCOCC3)c2)[nH]c2ccccc2c1=O. The number of carboxylic acid groups (broad SMARTS) is 1. The molecule has 0 aliphatic carbocycles. The van der Waals surface area contributed by atoms with Gasteiger partial charge in [0, 0.05) is 35.7 Å². The molecular formula is C24H25NO6. The van der Waals surface area contributed by atoms with Gasteiger partial charge in [0.25, 0.3) is 0 Å². The quantitative estimate of drug-likeness (QED) is 0.598. The summed E-state index contributed by atoms with van der Waals surface area (Å²) in [7, 11) is 0. The van der Waals surface area contributed by atoms with Gasteiger partial charge in [-0.3, -0.25) is 4.79 Å². The van der Waals surface area contributed by atoms with Crippen molar-refractivity contribution in [3.8, 4) is 11.5 Å². The van der Waals surface area contributed by atoms with Crippen LogP contribution in [0.15, 0.2) is 47.3 Å². The summed E-state index contributed by atoms with van der Waals surface area (Å²) in [5.41, 5.74) is 2.08. The van der Waals surface area contributed by atoms with Crippen LogP contribution in [0.4, 0.5) is 0 Å². The maximum atomic E-state index is 12.6. The van der Waals surface area contributed by atoms with E-state index in [9.17, 15) is 14.7 Å². The molecule has 2 N–H and O–H groups in total. The summed E-state index contributed by atoms with van der Waals surface area (Å²) in [4.78, 5) is 27.4. The van der Waals surface area contributed by atoms with Gasteiger partial charge < -0.3 is 24.3 Å². The lowest BCUT2D eigenvalue weighted by Crippen LogP contribution is -2.22. The molecule has 7 nitrogen and oxygen atoms in total. The fraction of sp³-hybridized carbons (Fsp3) is 0.333. The van der Waals surface area contributed by atoms with E-state index in [1.54, 1.807) is 25.1 Å². The molecule has 2 heterocycles. The van der Waals surface area contributed by atoms with Crippen molar-refractivity contribution in [3.05, 3.63) is 69.5 Å². The third-order valence-corrected chi connectivity index (χ3v) is 5.63. The van der Waals surface area contributed by atoms with E-state index < -0.39 is 5.97 Å². The highest BCUT2D eigenvalue weighted by atomic mass is 16.5. The highest BCUT2D eigenvalue weighted by Crippen LogP contribution is 2.27. The number of H-pyrrole nitrogens is 1. The Morgan fingerprint density at radius 1 is 1.16 bits per heavy atom. The third-order valence-electron chi connectivity index (χ3n) is 5.63. The predicted octanol–water partition coefficient (Wildman–Crippen LogP) is 3.92. The summed E-state index contributed by atoms with van der Waals surface area (Å²) in [6, 6.07) is 12.0. The molecule has 1 fully saturated rings. The molecule has 3 aromatic rings. The Morgan fingerprint density at radius 2 is 1.94 bits per heavy atom. The number of nitrogens with one attached hydrogen (secondary N) is 1. The van der Waals surface area contributed by atoms with Crippen LogP contribution in [-0.2, 0) is 11.3 Å². The van der Waals surface area contributed by atoms with E-state index >= 15 is 0 Å². The van der Waals surface area contributed by atoms with Crippen LogP contribution in [0.3, 0.4) is 0 Å². The number of fused-ring (bicyclic) bond motifs is 1. The van der Waals surface area contributed by atoms with Crippen molar-refractivity contribution in [2.45, 2.75) is 26.4 Å². The van der Waals surface area contributed by atoms with Crippen LogP contribution < -0.4 is 14.9 Å². The van der Waals surface area contributed by atoms with E-state index in [0.29, 0.717) is 48.1 Å². The van der Waals surface area contributed by atoms with Crippen molar-refractivity contribution in [1.29, 1.82) is 0 Å². The lowest BCUT2D eigenvalue weighted by Gasteiger charge is -2.22. The van der Waals surface area contributed by atoms with Crippen LogP contribution >= 0.6 is 0 Å². The summed E-state index contributed by atoms with van der Waals surface area (Å²) in [6.07, 6.45) is 1.79. The number of hydrogen-bond acceptors (Lipinski definition) is 5. The zero-order valence-electron chi connectivity index (χ0n) is 17.3. The van der Waals surface area contributed by atoms with Crippen LogP contribution in [0.1, 0.15) is 34.5 Å². The first kappa shape index (κ1) is 20.9. The molecule has 0 spiro atoms. The number of aromatic carboxylic acids is 1. The van der Waals surface area contributed by atoms with Gasteiger partial charge in [-0.05, 0) is 49.9 Å². The van der Waals surface area contributed by atoms with E-state index in [0.717, 1.165) is 18.4 Å². The monoisotopic (exact) mass is 423 g/mol. The Kier molecular flexibility index (Phi) is 6.23. The molecule has 0 radical (unpaired) electrons. The highest BCUT2D eigenvalue weighted by molar-refractivity contribution is 5.91. The van der Waals surface area contributed by atoms with E-state index in [1.165, 1.54) is 6.07 Å². The Bertz CT molecular complexity index is 1150. The number of hydrogen-bond donors (Lipinski definition) is 2. The first-order valence-electron chi connectivity index (χ1n) is 10.3. The number of carboxylic acids is 1. The molecule has 31 heavy (non-hydrogen) atoms. The van der Waals surface area contributed by atoms with Gasteiger partial charge in [0.1, 0.15) is 23.7 Å². The first-order chi connectivity index (χ1) is 15.0. The molecule has 0 bridgehead atoms. The molecule has 162 valence electrons. The number of aromatic amines is 1. The number of para-hydroxylation sites is 1. The van der Waals surface area contributed by atoms with Crippen molar-refractivity contribution in [2.75, 3.05) is 19.8 Å². The second-order valence-corrected chi connectivity index (χ2v) is 7.72. The molecule has 0 amide bonds. The molecule has 2 aromatic carbocycles. The fourth-order valence-corrected chi connectivity index (χ4v) is 3.69. The average molecular weight is 423 g/mol. The number of ether oxygens (including phenoxy) is 3. The van der Waals surface area contributed by atoms with Gasteiger partial charge in [-0.15, -0.1) is 0 Å². The standard InChI is InChI=1S/C24H25NO6/c1-15-21(25-20-5-3-2-4-18(20)23(15)26)14-30-17-6-7-19(24(27)28)22(12-17)31-13-16-8-10-29-11-9-16/h2-7,12,16H,8-11,13-14H2,1H3,(H,25,26)(H,27,28). The minimum atomic E-state index is -1.05. The Labute approximate surface area is 179 Å². The lowest BCUT2D eigenvalue weighted by atomic mass is 10.0. The Morgan fingerprint density at radius 3 is 2.71 bits per heavy atom. The molecular weight excluding hydrogens is 398 g/mol. The van der Waals surface area contributed by atoms with Gasteiger partial charge in [0.15, 0.2) is 5.43 Å². The zero-order chi connectivity index (χ0) is 21.8. The highest BCUT2D eigenvalue weighted by Gasteiger charge is 2.18. The minimum absolute atomic E-state index is 0.0327. The smallest absolute Gasteiger partial charge is 0.339 e. The number of benzene rings is 2. The van der Waals surface area contributed by atoms with Crippen LogP contribution in [0.25, 0.3) is 10.9 Å². The van der Waals surface area contributed by atoms with E-state index in [-0.39, 0.29) is 23.3 Å². The van der Waals surface area contributed by atoms with Crippen molar-refractivity contribution >= 4 is 16.9 Å². The topological polar surface area (TPSA) is 97.8 Å². The summed E-state index contributed by atoms with van der Waals surface area (Å²) < 4.78 is 17.1. The van der Waals surface area contributed by atoms with Gasteiger partial charge in [-0.2, -0.15) is 0 Å². The number of carbonyl (C=O) groups is 1. The summed E-state index contributed by atoms with van der Waals surface area (Å²) in [5, 5.41) is 10.1. The van der Waals surface area contributed by atoms with Crippen LogP contribution in [0, 0.1) is 12.8 Å². The minimum Gasteiger partial charge on any atom is -0.492 e. The number of pyridine rings is 1.